The summed E-state index contributed by atoms with van der Waals surface area (Å²) >= 11 is 5.63. The lowest BCUT2D eigenvalue weighted by Gasteiger charge is -2.14. The highest BCUT2D eigenvalue weighted by Gasteiger charge is 2.20. The molecule has 6 heteroatoms. The van der Waals surface area contributed by atoms with E-state index in [1.54, 1.807) is 13.8 Å². The number of halogens is 2. The molecule has 1 rings (SSSR count). The standard InChI is InChI=1S/C12H17ClFNO2S/c1-8(6-13)7-15-18(16,17)12-9(2)4-11(14)5-10(12)3/h4-5,8,15H,6-7H2,1-3H3. The van der Waals surface area contributed by atoms with E-state index in [0.717, 1.165) is 0 Å². The van der Waals surface area contributed by atoms with Gasteiger partial charge in [-0.2, -0.15) is 0 Å². The summed E-state index contributed by atoms with van der Waals surface area (Å²) in [5.74, 6) is -0.00948. The van der Waals surface area contributed by atoms with Crippen molar-refractivity contribution in [3.05, 3.63) is 29.1 Å². The Bertz CT molecular complexity index is 508. The molecule has 1 atom stereocenters. The zero-order chi connectivity index (χ0) is 13.9. The van der Waals surface area contributed by atoms with Crippen molar-refractivity contribution in [2.75, 3.05) is 12.4 Å². The van der Waals surface area contributed by atoms with Gasteiger partial charge >= 0.3 is 0 Å². The van der Waals surface area contributed by atoms with Crippen molar-refractivity contribution in [1.29, 1.82) is 0 Å². The van der Waals surface area contributed by atoms with E-state index >= 15 is 0 Å². The molecule has 0 heterocycles. The first-order valence-electron chi connectivity index (χ1n) is 5.60. The maximum Gasteiger partial charge on any atom is 0.241 e. The third-order valence-electron chi connectivity index (χ3n) is 2.58. The third kappa shape index (κ3) is 3.67. The zero-order valence-electron chi connectivity index (χ0n) is 10.6. The fourth-order valence-corrected chi connectivity index (χ4v) is 3.42. The molecule has 1 aromatic carbocycles. The molecular formula is C12H17ClFNO2S. The maximum absolute atomic E-state index is 13.1. The van der Waals surface area contributed by atoms with Crippen molar-refractivity contribution >= 4 is 21.6 Å². The highest BCUT2D eigenvalue weighted by atomic mass is 35.5. The Kier molecular flexibility index (Phi) is 5.13. The summed E-state index contributed by atoms with van der Waals surface area (Å²) in [4.78, 5) is 0.144. The highest BCUT2D eigenvalue weighted by Crippen LogP contribution is 2.21. The third-order valence-corrected chi connectivity index (χ3v) is 4.83. The van der Waals surface area contributed by atoms with Crippen LogP contribution >= 0.6 is 11.6 Å². The van der Waals surface area contributed by atoms with E-state index in [1.165, 1.54) is 12.1 Å². The van der Waals surface area contributed by atoms with Crippen molar-refractivity contribution < 1.29 is 12.8 Å². The van der Waals surface area contributed by atoms with Crippen LogP contribution in [0, 0.1) is 25.6 Å². The topological polar surface area (TPSA) is 46.2 Å². The van der Waals surface area contributed by atoms with Crippen LogP contribution in [0.2, 0.25) is 0 Å². The monoisotopic (exact) mass is 293 g/mol. The number of rotatable bonds is 5. The van der Waals surface area contributed by atoms with E-state index in [2.05, 4.69) is 4.72 Å². The minimum absolute atomic E-state index is 0.0440. The normalized spacial score (nSPS) is 13.6. The summed E-state index contributed by atoms with van der Waals surface area (Å²) in [6.45, 7) is 5.27. The Morgan fingerprint density at radius 2 is 1.83 bits per heavy atom. The van der Waals surface area contributed by atoms with Crippen molar-refractivity contribution in [3.63, 3.8) is 0 Å². The van der Waals surface area contributed by atoms with Crippen LogP contribution in [0.15, 0.2) is 17.0 Å². The lowest BCUT2D eigenvalue weighted by molar-refractivity contribution is 0.560. The van der Waals surface area contributed by atoms with E-state index in [1.807, 2.05) is 6.92 Å². The van der Waals surface area contributed by atoms with Crippen LogP contribution < -0.4 is 4.72 Å². The predicted octanol–water partition coefficient (Wildman–Crippen LogP) is 2.60. The van der Waals surface area contributed by atoms with E-state index in [-0.39, 0.29) is 17.4 Å². The Morgan fingerprint density at radius 3 is 2.28 bits per heavy atom. The molecule has 0 radical (unpaired) electrons. The van der Waals surface area contributed by atoms with Crippen LogP contribution in [0.4, 0.5) is 4.39 Å². The molecule has 0 aliphatic carbocycles. The van der Waals surface area contributed by atoms with Crippen molar-refractivity contribution in [3.8, 4) is 0 Å². The highest BCUT2D eigenvalue weighted by molar-refractivity contribution is 7.89. The first kappa shape index (κ1) is 15.4. The first-order valence-corrected chi connectivity index (χ1v) is 7.62. The number of hydrogen-bond donors (Lipinski definition) is 1. The molecule has 0 amide bonds. The van der Waals surface area contributed by atoms with Crippen molar-refractivity contribution in [2.45, 2.75) is 25.7 Å². The second-order valence-corrected chi connectivity index (χ2v) is 6.49. The van der Waals surface area contributed by atoms with Gasteiger partial charge in [0, 0.05) is 12.4 Å². The smallest absolute Gasteiger partial charge is 0.211 e. The Morgan fingerprint density at radius 1 is 1.33 bits per heavy atom. The molecule has 1 unspecified atom stereocenters. The van der Waals surface area contributed by atoms with E-state index in [4.69, 9.17) is 11.6 Å². The van der Waals surface area contributed by atoms with Gasteiger partial charge < -0.3 is 0 Å². The molecule has 1 N–H and O–H groups in total. The fourth-order valence-electron chi connectivity index (χ4n) is 1.70. The lowest BCUT2D eigenvalue weighted by Crippen LogP contribution is -2.30. The van der Waals surface area contributed by atoms with Crippen LogP contribution in [-0.4, -0.2) is 20.8 Å². The molecule has 0 spiro atoms. The first-order chi connectivity index (χ1) is 8.27. The molecule has 1 aromatic rings. The van der Waals surface area contributed by atoms with Gasteiger partial charge in [-0.05, 0) is 43.0 Å². The largest absolute Gasteiger partial charge is 0.241 e. The number of aryl methyl sites for hydroxylation is 2. The van der Waals surface area contributed by atoms with Crippen molar-refractivity contribution in [2.24, 2.45) is 5.92 Å². The van der Waals surface area contributed by atoms with E-state index < -0.39 is 15.8 Å². The average molecular weight is 294 g/mol. The molecule has 0 bridgehead atoms. The summed E-state index contributed by atoms with van der Waals surface area (Å²) < 4.78 is 39.9. The summed E-state index contributed by atoms with van der Waals surface area (Å²) in [6, 6.07) is 2.43. The van der Waals surface area contributed by atoms with Gasteiger partial charge in [0.15, 0.2) is 0 Å². The zero-order valence-corrected chi connectivity index (χ0v) is 12.2. The molecule has 102 valence electrons. The Labute approximate surface area is 112 Å². The molecule has 0 fully saturated rings. The van der Waals surface area contributed by atoms with E-state index in [9.17, 15) is 12.8 Å². The molecule has 0 saturated carbocycles. The fraction of sp³-hybridized carbons (Fsp3) is 0.500. The van der Waals surface area contributed by atoms with Gasteiger partial charge in [-0.1, -0.05) is 6.92 Å². The SMILES string of the molecule is Cc1cc(F)cc(C)c1S(=O)(=O)NCC(C)CCl. The van der Waals surface area contributed by atoms with Gasteiger partial charge in [0.2, 0.25) is 10.0 Å². The predicted molar refractivity (Wildman–Crippen MR) is 70.9 cm³/mol. The summed E-state index contributed by atoms with van der Waals surface area (Å²) in [7, 11) is -3.62. The lowest BCUT2D eigenvalue weighted by atomic mass is 10.1. The summed E-state index contributed by atoms with van der Waals surface area (Å²) in [5, 5.41) is 0. The second kappa shape index (κ2) is 5.99. The van der Waals surface area contributed by atoms with Gasteiger partial charge in [-0.25, -0.2) is 17.5 Å². The quantitative estimate of drug-likeness (QED) is 0.848. The van der Waals surface area contributed by atoms with Crippen LogP contribution in [0.3, 0.4) is 0 Å². The number of sulfonamides is 1. The minimum atomic E-state index is -3.62. The van der Waals surface area contributed by atoms with Gasteiger partial charge in [-0.15, -0.1) is 11.6 Å². The van der Waals surface area contributed by atoms with Gasteiger partial charge in [0.25, 0.3) is 0 Å². The number of nitrogens with one attached hydrogen (secondary N) is 1. The Hall–Kier alpha value is -0.650. The van der Waals surface area contributed by atoms with Crippen LogP contribution in [0.1, 0.15) is 18.1 Å². The van der Waals surface area contributed by atoms with Crippen molar-refractivity contribution in [1.82, 2.24) is 4.72 Å². The molecule has 18 heavy (non-hydrogen) atoms. The second-order valence-electron chi connectivity index (χ2n) is 4.48. The number of benzene rings is 1. The average Bonchev–Trinajstić information content (AvgIpc) is 2.24. The molecular weight excluding hydrogens is 277 g/mol. The van der Waals surface area contributed by atoms with Crippen LogP contribution in [0.5, 0.6) is 0 Å². The van der Waals surface area contributed by atoms with Crippen LogP contribution in [0.25, 0.3) is 0 Å². The van der Waals surface area contributed by atoms with Gasteiger partial charge in [0.05, 0.1) is 4.90 Å². The molecule has 0 aliphatic rings. The molecule has 3 nitrogen and oxygen atoms in total. The minimum Gasteiger partial charge on any atom is -0.211 e. The number of alkyl halides is 1. The molecule has 0 saturated heterocycles. The number of hydrogen-bond acceptors (Lipinski definition) is 2. The summed E-state index contributed by atoms with van der Waals surface area (Å²) in [5.41, 5.74) is 0.803. The molecule has 0 aliphatic heterocycles. The van der Waals surface area contributed by atoms with Crippen LogP contribution in [-0.2, 0) is 10.0 Å². The van der Waals surface area contributed by atoms with E-state index in [0.29, 0.717) is 17.0 Å². The Balaban J connectivity index is 3.06. The van der Waals surface area contributed by atoms with Gasteiger partial charge in [-0.3, -0.25) is 0 Å². The maximum atomic E-state index is 13.1. The summed E-state index contributed by atoms with van der Waals surface area (Å²) in [6.07, 6.45) is 0. The molecule has 0 aromatic heterocycles. The van der Waals surface area contributed by atoms with Gasteiger partial charge in [0.1, 0.15) is 5.82 Å².